The molecule has 2 heterocycles. The maximum Gasteiger partial charge on any atom is 0.407 e. The Hall–Kier alpha value is -1.83. The smallest absolute Gasteiger partial charge is 0.407 e. The maximum absolute atomic E-state index is 11.1. The van der Waals surface area contributed by atoms with Crippen LogP contribution in [-0.2, 0) is 28.9 Å². The van der Waals surface area contributed by atoms with Gasteiger partial charge in [0.1, 0.15) is 5.75 Å². The van der Waals surface area contributed by atoms with Gasteiger partial charge >= 0.3 is 6.09 Å². The summed E-state index contributed by atoms with van der Waals surface area (Å²) >= 11 is 0. The van der Waals surface area contributed by atoms with Gasteiger partial charge in [-0.1, -0.05) is 19.1 Å². The number of methoxy groups -OCH3 is 1. The van der Waals surface area contributed by atoms with Crippen LogP contribution in [0.2, 0.25) is 0 Å². The van der Waals surface area contributed by atoms with Crippen LogP contribution in [0.5, 0.6) is 5.75 Å². The molecule has 0 saturated carbocycles. The molecule has 0 aliphatic carbocycles. The number of hydrogen-bond donors (Lipinski definition) is 2. The van der Waals surface area contributed by atoms with Crippen LogP contribution in [0.4, 0.5) is 4.79 Å². The number of carboxylic acid groups (broad SMARTS) is 1. The molecular weight excluding hydrogens is 372 g/mol. The highest BCUT2D eigenvalue weighted by molar-refractivity contribution is 5.65. The first kappa shape index (κ1) is 21.9. The Morgan fingerprint density at radius 1 is 1.31 bits per heavy atom. The van der Waals surface area contributed by atoms with Gasteiger partial charge in [0.25, 0.3) is 0 Å². The highest BCUT2D eigenvalue weighted by Gasteiger charge is 2.34. The first-order valence-electron chi connectivity index (χ1n) is 10.5. The molecule has 1 unspecified atom stereocenters. The summed E-state index contributed by atoms with van der Waals surface area (Å²) in [6.45, 7) is 8.49. The Morgan fingerprint density at radius 2 is 2.00 bits per heavy atom. The van der Waals surface area contributed by atoms with E-state index >= 15 is 0 Å². The van der Waals surface area contributed by atoms with Gasteiger partial charge < -0.3 is 29.5 Å². The number of amides is 1. The molecule has 29 heavy (non-hydrogen) atoms. The summed E-state index contributed by atoms with van der Waals surface area (Å²) in [6.07, 6.45) is 2.50. The second-order valence-electron chi connectivity index (χ2n) is 8.33. The van der Waals surface area contributed by atoms with E-state index < -0.39 is 11.9 Å². The summed E-state index contributed by atoms with van der Waals surface area (Å²) in [5.41, 5.74) is 3.57. The summed E-state index contributed by atoms with van der Waals surface area (Å²) in [6, 6.07) is 4.64. The first-order chi connectivity index (χ1) is 13.8. The van der Waals surface area contributed by atoms with Crippen molar-refractivity contribution in [3.63, 3.8) is 0 Å². The van der Waals surface area contributed by atoms with Gasteiger partial charge in [0, 0.05) is 37.7 Å². The third kappa shape index (κ3) is 5.41. The average molecular weight is 407 g/mol. The monoisotopic (exact) mass is 406 g/mol. The molecule has 0 aromatic heterocycles. The van der Waals surface area contributed by atoms with E-state index in [1.165, 1.54) is 21.6 Å². The van der Waals surface area contributed by atoms with Gasteiger partial charge in [-0.3, -0.25) is 0 Å². The Balaban J connectivity index is 1.71. The maximum atomic E-state index is 11.1. The normalized spacial score (nSPS) is 22.1. The summed E-state index contributed by atoms with van der Waals surface area (Å²) in [5.74, 6) is 0.400. The molecule has 1 amide bonds. The number of aryl methyl sites for hydroxylation is 1. The molecule has 3 rings (SSSR count). The molecule has 7 heteroatoms. The molecule has 0 spiro atoms. The summed E-state index contributed by atoms with van der Waals surface area (Å²) in [5, 5.41) is 12.7. The van der Waals surface area contributed by atoms with Gasteiger partial charge in [-0.2, -0.15) is 0 Å². The number of ether oxygens (including phenoxy) is 3. The highest BCUT2D eigenvalue weighted by atomic mass is 16.7. The van der Waals surface area contributed by atoms with Gasteiger partial charge in [0.05, 0.1) is 19.8 Å². The number of nitrogens with zero attached hydrogens (tertiary/aromatic N) is 1. The average Bonchev–Trinajstić information content (AvgIpc) is 3.05. The lowest BCUT2D eigenvalue weighted by molar-refractivity contribution is -0.138. The molecule has 0 radical (unpaired) electrons. The third-order valence-corrected chi connectivity index (χ3v) is 5.87. The van der Waals surface area contributed by atoms with Crippen molar-refractivity contribution in [2.24, 2.45) is 0 Å². The van der Waals surface area contributed by atoms with Crippen LogP contribution in [0.1, 0.15) is 50.3 Å². The fourth-order valence-electron chi connectivity index (χ4n) is 4.26. The Kier molecular flexibility index (Phi) is 7.03. The SMILES string of the molecule is CCc1ccc(CNC2CCN(C(=O)O)CC2)c(CC2COC(C)(C)O2)c1OC. The van der Waals surface area contributed by atoms with Crippen molar-refractivity contribution in [3.05, 3.63) is 28.8 Å². The molecule has 1 atom stereocenters. The topological polar surface area (TPSA) is 80.3 Å². The molecule has 1 aromatic rings. The van der Waals surface area contributed by atoms with Gasteiger partial charge in [-0.25, -0.2) is 4.79 Å². The molecule has 2 fully saturated rings. The number of carbonyl (C=O) groups is 1. The van der Waals surface area contributed by atoms with Crippen LogP contribution in [0.15, 0.2) is 12.1 Å². The van der Waals surface area contributed by atoms with E-state index in [1.807, 2.05) is 13.8 Å². The van der Waals surface area contributed by atoms with Crippen molar-refractivity contribution in [2.45, 2.75) is 70.9 Å². The van der Waals surface area contributed by atoms with Gasteiger partial charge in [-0.05, 0) is 44.2 Å². The van der Waals surface area contributed by atoms with Gasteiger partial charge in [0.2, 0.25) is 0 Å². The van der Waals surface area contributed by atoms with Crippen molar-refractivity contribution in [1.82, 2.24) is 10.2 Å². The minimum absolute atomic E-state index is 0.00330. The first-order valence-corrected chi connectivity index (χ1v) is 10.5. The van der Waals surface area contributed by atoms with E-state index in [1.54, 1.807) is 7.11 Å². The number of likely N-dealkylation sites (tertiary alicyclic amines) is 1. The fourth-order valence-corrected chi connectivity index (χ4v) is 4.26. The number of nitrogens with one attached hydrogen (secondary N) is 1. The van der Waals surface area contributed by atoms with Crippen molar-refractivity contribution in [3.8, 4) is 5.75 Å². The minimum atomic E-state index is -0.827. The lowest BCUT2D eigenvalue weighted by Gasteiger charge is -2.31. The third-order valence-electron chi connectivity index (χ3n) is 5.87. The van der Waals surface area contributed by atoms with Gasteiger partial charge in [0.15, 0.2) is 5.79 Å². The van der Waals surface area contributed by atoms with Crippen molar-refractivity contribution >= 4 is 6.09 Å². The molecule has 7 nitrogen and oxygen atoms in total. The van der Waals surface area contributed by atoms with Crippen LogP contribution in [0.25, 0.3) is 0 Å². The van der Waals surface area contributed by atoms with E-state index in [-0.39, 0.29) is 6.10 Å². The van der Waals surface area contributed by atoms with Crippen LogP contribution in [0, 0.1) is 0 Å². The van der Waals surface area contributed by atoms with E-state index in [2.05, 4.69) is 24.4 Å². The van der Waals surface area contributed by atoms with E-state index in [0.717, 1.165) is 38.0 Å². The zero-order valence-corrected chi connectivity index (χ0v) is 18.0. The molecular formula is C22H34N2O5. The number of rotatable bonds is 7. The van der Waals surface area contributed by atoms with Crippen LogP contribution in [0.3, 0.4) is 0 Å². The molecule has 2 aliphatic rings. The van der Waals surface area contributed by atoms with Crippen molar-refractivity contribution in [1.29, 1.82) is 0 Å². The number of piperidine rings is 1. The second-order valence-corrected chi connectivity index (χ2v) is 8.33. The molecule has 0 bridgehead atoms. The highest BCUT2D eigenvalue weighted by Crippen LogP contribution is 2.33. The van der Waals surface area contributed by atoms with E-state index in [0.29, 0.717) is 25.7 Å². The van der Waals surface area contributed by atoms with Crippen LogP contribution < -0.4 is 10.1 Å². The standard InChI is InChI=1S/C22H34N2O5/c1-5-15-6-7-16(13-23-17-8-10-24(11-9-17)21(25)26)19(20(15)27-4)12-18-14-28-22(2,3)29-18/h6-7,17-18,23H,5,8-14H2,1-4H3,(H,25,26). The predicted molar refractivity (Wildman–Crippen MR) is 110 cm³/mol. The number of benzene rings is 1. The van der Waals surface area contributed by atoms with Crippen molar-refractivity contribution in [2.75, 3.05) is 26.8 Å². The minimum Gasteiger partial charge on any atom is -0.496 e. The Bertz CT molecular complexity index is 713. The zero-order valence-electron chi connectivity index (χ0n) is 18.0. The lowest BCUT2D eigenvalue weighted by atomic mass is 9.95. The molecule has 1 aromatic carbocycles. The summed E-state index contributed by atoms with van der Waals surface area (Å²) in [7, 11) is 1.73. The van der Waals surface area contributed by atoms with Crippen LogP contribution >= 0.6 is 0 Å². The Labute approximate surface area is 173 Å². The fraction of sp³-hybridized carbons (Fsp3) is 0.682. The zero-order chi connectivity index (χ0) is 21.0. The molecule has 2 N–H and O–H groups in total. The molecule has 2 aliphatic heterocycles. The Morgan fingerprint density at radius 3 is 2.55 bits per heavy atom. The van der Waals surface area contributed by atoms with Crippen LogP contribution in [-0.4, -0.2) is 60.8 Å². The van der Waals surface area contributed by atoms with E-state index in [4.69, 9.17) is 19.3 Å². The second kappa shape index (κ2) is 9.32. The largest absolute Gasteiger partial charge is 0.496 e. The molecule has 2 saturated heterocycles. The van der Waals surface area contributed by atoms with Crippen molar-refractivity contribution < 1.29 is 24.1 Å². The number of hydrogen-bond acceptors (Lipinski definition) is 5. The quantitative estimate of drug-likeness (QED) is 0.724. The van der Waals surface area contributed by atoms with Gasteiger partial charge in [-0.15, -0.1) is 0 Å². The predicted octanol–water partition coefficient (Wildman–Crippen LogP) is 3.18. The summed E-state index contributed by atoms with van der Waals surface area (Å²) in [4.78, 5) is 12.6. The summed E-state index contributed by atoms with van der Waals surface area (Å²) < 4.78 is 17.6. The van der Waals surface area contributed by atoms with E-state index in [9.17, 15) is 4.79 Å². The molecule has 162 valence electrons. The lowest BCUT2D eigenvalue weighted by Crippen LogP contribution is -2.44.